The van der Waals surface area contributed by atoms with E-state index in [0.29, 0.717) is 17.3 Å². The highest BCUT2D eigenvalue weighted by Crippen LogP contribution is 2.24. The molecule has 1 unspecified atom stereocenters. The van der Waals surface area contributed by atoms with Gasteiger partial charge in [0.1, 0.15) is 0 Å². The molecule has 1 aliphatic heterocycles. The van der Waals surface area contributed by atoms with E-state index in [2.05, 4.69) is 12.3 Å². The fourth-order valence-corrected chi connectivity index (χ4v) is 2.64. The second kappa shape index (κ2) is 5.87. The van der Waals surface area contributed by atoms with Gasteiger partial charge in [0.05, 0.1) is 11.3 Å². The number of para-hydroxylation sites is 1. The second-order valence-corrected chi connectivity index (χ2v) is 4.75. The van der Waals surface area contributed by atoms with Crippen LogP contribution >= 0.6 is 0 Å². The Morgan fingerprint density at radius 2 is 2.22 bits per heavy atom. The molecule has 4 heteroatoms. The Kier molecular flexibility index (Phi) is 4.20. The molecule has 1 heterocycles. The zero-order valence-corrected chi connectivity index (χ0v) is 10.9. The lowest BCUT2D eigenvalue weighted by Gasteiger charge is -2.35. The Morgan fingerprint density at radius 1 is 1.44 bits per heavy atom. The molecule has 1 aromatic rings. The van der Waals surface area contributed by atoms with Gasteiger partial charge in [0.25, 0.3) is 5.91 Å². The molecule has 0 saturated carbocycles. The van der Waals surface area contributed by atoms with E-state index < -0.39 is 0 Å². The predicted octanol–water partition coefficient (Wildman–Crippen LogP) is 2.38. The highest BCUT2D eigenvalue weighted by molar-refractivity contribution is 5.99. The summed E-state index contributed by atoms with van der Waals surface area (Å²) in [5.41, 5.74) is 3.97. The van der Waals surface area contributed by atoms with Gasteiger partial charge in [-0.05, 0) is 37.8 Å². The molecule has 0 bridgehead atoms. The third-order valence-corrected chi connectivity index (χ3v) is 3.67. The molecule has 1 aromatic carbocycles. The average Bonchev–Trinajstić information content (AvgIpc) is 2.46. The first-order valence-corrected chi connectivity index (χ1v) is 6.64. The van der Waals surface area contributed by atoms with Gasteiger partial charge in [0.2, 0.25) is 0 Å². The Balaban J connectivity index is 2.24. The molecule has 1 saturated heterocycles. The number of carbonyl (C=O) groups is 1. The van der Waals surface area contributed by atoms with Crippen LogP contribution in [0.3, 0.4) is 0 Å². The topological polar surface area (TPSA) is 58.4 Å². The van der Waals surface area contributed by atoms with Crippen LogP contribution in [0.25, 0.3) is 0 Å². The molecule has 0 aliphatic carbocycles. The average molecular weight is 247 g/mol. The van der Waals surface area contributed by atoms with E-state index in [-0.39, 0.29) is 5.91 Å². The number of hydrogen-bond acceptors (Lipinski definition) is 3. The molecule has 18 heavy (non-hydrogen) atoms. The van der Waals surface area contributed by atoms with Crippen LogP contribution in [-0.4, -0.2) is 23.4 Å². The van der Waals surface area contributed by atoms with Crippen molar-refractivity contribution in [1.29, 1.82) is 0 Å². The van der Waals surface area contributed by atoms with Crippen molar-refractivity contribution in [3.8, 4) is 0 Å². The normalized spacial score (nSPS) is 19.7. The summed E-state index contributed by atoms with van der Waals surface area (Å²) in [6.07, 6.45) is 4.45. The highest BCUT2D eigenvalue weighted by Gasteiger charge is 2.27. The summed E-state index contributed by atoms with van der Waals surface area (Å²) in [6.45, 7) is 3.00. The van der Waals surface area contributed by atoms with Crippen molar-refractivity contribution in [2.45, 2.75) is 38.6 Å². The van der Waals surface area contributed by atoms with Crippen molar-refractivity contribution in [2.75, 3.05) is 12.0 Å². The lowest BCUT2D eigenvalue weighted by molar-refractivity contribution is 0.0609. The highest BCUT2D eigenvalue weighted by atomic mass is 16.2. The van der Waals surface area contributed by atoms with Crippen molar-refractivity contribution < 1.29 is 4.79 Å². The quantitative estimate of drug-likeness (QED) is 0.637. The fourth-order valence-electron chi connectivity index (χ4n) is 2.64. The summed E-state index contributed by atoms with van der Waals surface area (Å²) in [4.78, 5) is 14.6. The SMILES string of the molecule is CCC1CCCCN1C(=O)c1ccccc1NN. The van der Waals surface area contributed by atoms with Crippen LogP contribution in [0, 0.1) is 0 Å². The number of hydrogen-bond donors (Lipinski definition) is 2. The minimum absolute atomic E-state index is 0.0927. The molecular formula is C14H21N3O. The number of piperidine rings is 1. The largest absolute Gasteiger partial charge is 0.336 e. The number of nitrogens with one attached hydrogen (secondary N) is 1. The molecule has 98 valence electrons. The molecule has 0 spiro atoms. The van der Waals surface area contributed by atoms with E-state index in [1.165, 1.54) is 6.42 Å². The smallest absolute Gasteiger partial charge is 0.256 e. The summed E-state index contributed by atoms with van der Waals surface area (Å²) in [5.74, 6) is 5.56. The lowest BCUT2D eigenvalue weighted by atomic mass is 9.98. The zero-order valence-electron chi connectivity index (χ0n) is 10.9. The number of nitrogen functional groups attached to an aromatic ring is 1. The molecule has 0 aromatic heterocycles. The Hall–Kier alpha value is -1.55. The number of rotatable bonds is 3. The molecule has 2 rings (SSSR count). The molecule has 1 aliphatic rings. The number of carbonyl (C=O) groups excluding carboxylic acids is 1. The predicted molar refractivity (Wildman–Crippen MR) is 73.2 cm³/mol. The standard InChI is InChI=1S/C14H21N3O/c1-2-11-7-5-6-10-17(11)14(18)12-8-3-4-9-13(12)16-15/h3-4,8-9,11,16H,2,5-7,10,15H2,1H3. The Morgan fingerprint density at radius 3 is 2.94 bits per heavy atom. The van der Waals surface area contributed by atoms with Crippen LogP contribution < -0.4 is 11.3 Å². The minimum Gasteiger partial charge on any atom is -0.336 e. The Labute approximate surface area is 108 Å². The van der Waals surface area contributed by atoms with Crippen molar-refractivity contribution in [1.82, 2.24) is 4.90 Å². The molecule has 3 N–H and O–H groups in total. The third kappa shape index (κ3) is 2.48. The van der Waals surface area contributed by atoms with Crippen molar-refractivity contribution in [3.05, 3.63) is 29.8 Å². The van der Waals surface area contributed by atoms with Crippen molar-refractivity contribution in [2.24, 2.45) is 5.84 Å². The summed E-state index contributed by atoms with van der Waals surface area (Å²) >= 11 is 0. The van der Waals surface area contributed by atoms with Crippen molar-refractivity contribution in [3.63, 3.8) is 0 Å². The number of amides is 1. The first-order valence-electron chi connectivity index (χ1n) is 6.64. The van der Waals surface area contributed by atoms with E-state index in [9.17, 15) is 4.79 Å². The number of nitrogens with zero attached hydrogens (tertiary/aromatic N) is 1. The maximum atomic E-state index is 12.6. The van der Waals surface area contributed by atoms with Crippen LogP contribution in [0.4, 0.5) is 5.69 Å². The van der Waals surface area contributed by atoms with Gasteiger partial charge in [-0.1, -0.05) is 19.1 Å². The van der Waals surface area contributed by atoms with E-state index in [4.69, 9.17) is 5.84 Å². The third-order valence-electron chi connectivity index (χ3n) is 3.67. The van der Waals surface area contributed by atoms with Crippen LogP contribution in [0.5, 0.6) is 0 Å². The number of benzene rings is 1. The van der Waals surface area contributed by atoms with Gasteiger partial charge in [0, 0.05) is 12.6 Å². The van der Waals surface area contributed by atoms with Gasteiger partial charge in [-0.2, -0.15) is 0 Å². The van der Waals surface area contributed by atoms with Gasteiger partial charge in [-0.15, -0.1) is 0 Å². The molecular weight excluding hydrogens is 226 g/mol. The maximum absolute atomic E-state index is 12.6. The minimum atomic E-state index is 0.0927. The number of likely N-dealkylation sites (tertiary alicyclic amines) is 1. The van der Waals surface area contributed by atoms with Gasteiger partial charge < -0.3 is 10.3 Å². The van der Waals surface area contributed by atoms with Crippen LogP contribution in [-0.2, 0) is 0 Å². The molecule has 0 radical (unpaired) electrons. The summed E-state index contributed by atoms with van der Waals surface area (Å²) in [5, 5.41) is 0. The van der Waals surface area contributed by atoms with E-state index in [1.807, 2.05) is 29.2 Å². The van der Waals surface area contributed by atoms with Crippen LogP contribution in [0.2, 0.25) is 0 Å². The van der Waals surface area contributed by atoms with Crippen molar-refractivity contribution >= 4 is 11.6 Å². The fraction of sp³-hybridized carbons (Fsp3) is 0.500. The summed E-state index contributed by atoms with van der Waals surface area (Å²) < 4.78 is 0. The van der Waals surface area contributed by atoms with Gasteiger partial charge >= 0.3 is 0 Å². The first-order chi connectivity index (χ1) is 8.77. The summed E-state index contributed by atoms with van der Waals surface area (Å²) in [6, 6.07) is 7.78. The molecule has 1 fully saturated rings. The maximum Gasteiger partial charge on any atom is 0.256 e. The molecule has 4 nitrogen and oxygen atoms in total. The van der Waals surface area contributed by atoms with Crippen LogP contribution in [0.15, 0.2) is 24.3 Å². The molecule has 1 amide bonds. The Bertz CT molecular complexity index is 419. The first kappa shape index (κ1) is 12.9. The van der Waals surface area contributed by atoms with E-state index in [0.717, 1.165) is 25.8 Å². The van der Waals surface area contributed by atoms with E-state index in [1.54, 1.807) is 0 Å². The number of nitrogens with two attached hydrogens (primary N) is 1. The second-order valence-electron chi connectivity index (χ2n) is 4.75. The number of anilines is 1. The monoisotopic (exact) mass is 247 g/mol. The van der Waals surface area contributed by atoms with Gasteiger partial charge in [-0.25, -0.2) is 0 Å². The summed E-state index contributed by atoms with van der Waals surface area (Å²) in [7, 11) is 0. The van der Waals surface area contributed by atoms with Gasteiger partial charge in [0.15, 0.2) is 0 Å². The van der Waals surface area contributed by atoms with Gasteiger partial charge in [-0.3, -0.25) is 10.6 Å². The van der Waals surface area contributed by atoms with Crippen LogP contribution in [0.1, 0.15) is 43.0 Å². The van der Waals surface area contributed by atoms with E-state index >= 15 is 0 Å². The molecule has 1 atom stereocenters. The zero-order chi connectivity index (χ0) is 13.0. The number of hydrazine groups is 1. The lowest BCUT2D eigenvalue weighted by Crippen LogP contribution is -2.43.